The van der Waals surface area contributed by atoms with Crippen LogP contribution in [0.25, 0.3) is 0 Å². The number of hydrogen-bond donors (Lipinski definition) is 0. The summed E-state index contributed by atoms with van der Waals surface area (Å²) in [7, 11) is 0. The summed E-state index contributed by atoms with van der Waals surface area (Å²) in [6.45, 7) is 7.28. The van der Waals surface area contributed by atoms with Crippen molar-refractivity contribution in [2.75, 3.05) is 6.61 Å². The summed E-state index contributed by atoms with van der Waals surface area (Å²) in [5, 5.41) is 4.10. The molecule has 1 rings (SSSR count). The maximum absolute atomic E-state index is 12.0. The van der Waals surface area contributed by atoms with Crippen LogP contribution in [0.4, 0.5) is 0 Å². The van der Waals surface area contributed by atoms with E-state index in [1.807, 2.05) is 13.8 Å². The van der Waals surface area contributed by atoms with Crippen LogP contribution < -0.4 is 0 Å². The average molecular weight is 239 g/mol. The van der Waals surface area contributed by atoms with Gasteiger partial charge in [-0.1, -0.05) is 13.8 Å². The van der Waals surface area contributed by atoms with Gasteiger partial charge in [0.05, 0.1) is 6.42 Å². The topological polar surface area (TPSA) is 57.0 Å². The Morgan fingerprint density at radius 2 is 2.24 bits per heavy atom. The van der Waals surface area contributed by atoms with E-state index in [2.05, 4.69) is 17.0 Å². The molecule has 0 aliphatic carbocycles. The van der Waals surface area contributed by atoms with Gasteiger partial charge in [0.25, 0.3) is 0 Å². The van der Waals surface area contributed by atoms with Crippen LogP contribution in [-0.4, -0.2) is 33.3 Å². The number of aryl methyl sites for hydroxylation is 1. The molecule has 0 saturated heterocycles. The van der Waals surface area contributed by atoms with E-state index in [4.69, 9.17) is 4.74 Å². The Bertz CT molecular complexity index is 349. The fourth-order valence-electron chi connectivity index (χ4n) is 1.73. The van der Waals surface area contributed by atoms with Crippen molar-refractivity contribution >= 4 is 5.78 Å². The van der Waals surface area contributed by atoms with E-state index in [1.165, 1.54) is 6.33 Å². The normalized spacial score (nSPS) is 12.6. The van der Waals surface area contributed by atoms with E-state index in [9.17, 15) is 4.79 Å². The van der Waals surface area contributed by atoms with Crippen LogP contribution in [0, 0.1) is 0 Å². The molecule has 0 amide bonds. The van der Waals surface area contributed by atoms with E-state index < -0.39 is 0 Å². The van der Waals surface area contributed by atoms with Gasteiger partial charge in [-0.15, -0.1) is 0 Å². The SMILES string of the molecule is CCCn1ncnc1CC(=O)C(CC)OCC. The summed E-state index contributed by atoms with van der Waals surface area (Å²) in [5.74, 6) is 0.815. The molecule has 1 atom stereocenters. The summed E-state index contributed by atoms with van der Waals surface area (Å²) in [5.41, 5.74) is 0. The maximum Gasteiger partial charge on any atom is 0.169 e. The highest BCUT2D eigenvalue weighted by atomic mass is 16.5. The van der Waals surface area contributed by atoms with Crippen molar-refractivity contribution in [1.82, 2.24) is 14.8 Å². The summed E-state index contributed by atoms with van der Waals surface area (Å²) in [6.07, 6.45) is 3.17. The minimum atomic E-state index is -0.313. The van der Waals surface area contributed by atoms with Crippen molar-refractivity contribution < 1.29 is 9.53 Å². The molecule has 0 bridgehead atoms. The molecule has 0 aliphatic heterocycles. The number of ketones is 1. The second-order valence-electron chi connectivity index (χ2n) is 3.89. The molecule has 17 heavy (non-hydrogen) atoms. The lowest BCUT2D eigenvalue weighted by molar-refractivity contribution is -0.129. The van der Waals surface area contributed by atoms with Crippen molar-refractivity contribution in [2.45, 2.75) is 52.7 Å². The number of hydrogen-bond acceptors (Lipinski definition) is 4. The van der Waals surface area contributed by atoms with Gasteiger partial charge in [0.1, 0.15) is 18.3 Å². The Morgan fingerprint density at radius 1 is 1.47 bits per heavy atom. The maximum atomic E-state index is 12.0. The monoisotopic (exact) mass is 239 g/mol. The molecule has 0 aliphatic rings. The standard InChI is InChI=1S/C12H21N3O2/c1-4-7-15-12(13-9-14-15)8-10(16)11(5-2)17-6-3/h9,11H,4-8H2,1-3H3. The molecule has 0 fully saturated rings. The predicted octanol–water partition coefficient (Wildman–Crippen LogP) is 1.61. The number of rotatable bonds is 8. The van der Waals surface area contributed by atoms with Crippen LogP contribution in [0.15, 0.2) is 6.33 Å². The van der Waals surface area contributed by atoms with Crippen molar-refractivity contribution in [3.05, 3.63) is 12.2 Å². The van der Waals surface area contributed by atoms with Crippen molar-refractivity contribution in [3.8, 4) is 0 Å². The van der Waals surface area contributed by atoms with Gasteiger partial charge in [0, 0.05) is 13.2 Å². The molecule has 5 nitrogen and oxygen atoms in total. The molecular weight excluding hydrogens is 218 g/mol. The van der Waals surface area contributed by atoms with Crippen molar-refractivity contribution in [3.63, 3.8) is 0 Å². The molecule has 5 heteroatoms. The van der Waals surface area contributed by atoms with Gasteiger partial charge < -0.3 is 4.74 Å². The van der Waals surface area contributed by atoms with Crippen molar-refractivity contribution in [2.24, 2.45) is 0 Å². The quantitative estimate of drug-likeness (QED) is 0.691. The lowest BCUT2D eigenvalue weighted by Crippen LogP contribution is -2.26. The highest BCUT2D eigenvalue weighted by molar-refractivity contribution is 5.84. The Kier molecular flexibility index (Phi) is 5.83. The second kappa shape index (κ2) is 7.17. The zero-order valence-corrected chi connectivity index (χ0v) is 10.8. The molecule has 1 unspecified atom stereocenters. The van der Waals surface area contributed by atoms with E-state index >= 15 is 0 Å². The summed E-state index contributed by atoms with van der Waals surface area (Å²) >= 11 is 0. The first kappa shape index (κ1) is 13.8. The lowest BCUT2D eigenvalue weighted by Gasteiger charge is -2.13. The molecule has 0 radical (unpaired) electrons. The Hall–Kier alpha value is -1.23. The van der Waals surface area contributed by atoms with Gasteiger partial charge in [-0.05, 0) is 19.8 Å². The van der Waals surface area contributed by atoms with Crippen LogP contribution in [0.5, 0.6) is 0 Å². The van der Waals surface area contributed by atoms with Gasteiger partial charge in [-0.3, -0.25) is 4.79 Å². The van der Waals surface area contributed by atoms with Crippen LogP contribution >= 0.6 is 0 Å². The van der Waals surface area contributed by atoms with E-state index in [-0.39, 0.29) is 11.9 Å². The van der Waals surface area contributed by atoms with Gasteiger partial charge in [-0.25, -0.2) is 9.67 Å². The zero-order valence-electron chi connectivity index (χ0n) is 10.8. The Labute approximate surface area is 102 Å². The molecule has 1 aromatic rings. The van der Waals surface area contributed by atoms with Crippen LogP contribution in [0.1, 0.15) is 39.4 Å². The number of nitrogens with zero attached hydrogens (tertiary/aromatic N) is 3. The highest BCUT2D eigenvalue weighted by Gasteiger charge is 2.19. The molecule has 0 aromatic carbocycles. The second-order valence-corrected chi connectivity index (χ2v) is 3.89. The predicted molar refractivity (Wildman–Crippen MR) is 64.7 cm³/mol. The molecular formula is C12H21N3O2. The van der Waals surface area contributed by atoms with E-state index in [0.29, 0.717) is 19.4 Å². The highest BCUT2D eigenvalue weighted by Crippen LogP contribution is 2.05. The number of carbonyl (C=O) groups excluding carboxylic acids is 1. The molecule has 0 saturated carbocycles. The van der Waals surface area contributed by atoms with Crippen LogP contribution in [0.2, 0.25) is 0 Å². The van der Waals surface area contributed by atoms with Gasteiger partial charge >= 0.3 is 0 Å². The lowest BCUT2D eigenvalue weighted by atomic mass is 10.1. The summed E-state index contributed by atoms with van der Waals surface area (Å²) < 4.78 is 7.18. The molecule has 96 valence electrons. The van der Waals surface area contributed by atoms with E-state index in [0.717, 1.165) is 18.8 Å². The summed E-state index contributed by atoms with van der Waals surface area (Å²) in [4.78, 5) is 16.1. The van der Waals surface area contributed by atoms with Crippen molar-refractivity contribution in [1.29, 1.82) is 0 Å². The third-order valence-electron chi connectivity index (χ3n) is 2.56. The van der Waals surface area contributed by atoms with Gasteiger partial charge in [0.2, 0.25) is 0 Å². The minimum Gasteiger partial charge on any atom is -0.371 e. The Balaban J connectivity index is 2.62. The van der Waals surface area contributed by atoms with Crippen LogP contribution in [-0.2, 0) is 22.5 Å². The fraction of sp³-hybridized carbons (Fsp3) is 0.750. The number of carbonyl (C=O) groups is 1. The molecule has 1 heterocycles. The molecule has 0 N–H and O–H groups in total. The number of Topliss-reactive ketones (excluding diaryl/α,β-unsaturated/α-hetero) is 1. The minimum absolute atomic E-state index is 0.0831. The third-order valence-corrected chi connectivity index (χ3v) is 2.56. The van der Waals surface area contributed by atoms with Gasteiger partial charge in [0.15, 0.2) is 5.78 Å². The first-order valence-corrected chi connectivity index (χ1v) is 6.23. The number of ether oxygens (including phenoxy) is 1. The number of aromatic nitrogens is 3. The smallest absolute Gasteiger partial charge is 0.169 e. The van der Waals surface area contributed by atoms with Crippen LogP contribution in [0.3, 0.4) is 0 Å². The molecule has 1 aromatic heterocycles. The third kappa shape index (κ3) is 3.93. The largest absolute Gasteiger partial charge is 0.371 e. The van der Waals surface area contributed by atoms with E-state index in [1.54, 1.807) is 4.68 Å². The average Bonchev–Trinajstić information content (AvgIpc) is 2.74. The van der Waals surface area contributed by atoms with Gasteiger partial charge in [-0.2, -0.15) is 5.10 Å². The molecule has 0 spiro atoms. The first-order chi connectivity index (χ1) is 8.22. The zero-order chi connectivity index (χ0) is 12.7. The Morgan fingerprint density at radius 3 is 2.82 bits per heavy atom. The fourth-order valence-corrected chi connectivity index (χ4v) is 1.73. The first-order valence-electron chi connectivity index (χ1n) is 6.23. The summed E-state index contributed by atoms with van der Waals surface area (Å²) in [6, 6.07) is 0.